The number of rotatable bonds is 1. The summed E-state index contributed by atoms with van der Waals surface area (Å²) in [6, 6.07) is -3.85. The molecule has 0 bridgehead atoms. The molecule has 0 fully saturated rings. The highest BCUT2D eigenvalue weighted by molar-refractivity contribution is 8.13. The summed E-state index contributed by atoms with van der Waals surface area (Å²) < 4.78 is 73.4. The molecule has 0 saturated heterocycles. The normalized spacial score (nSPS) is 21.7. The average molecular weight is 198 g/mol. The highest BCUT2D eigenvalue weighted by Gasteiger charge is 2.07. The minimum absolute atomic E-state index is 0.832. The van der Waals surface area contributed by atoms with Crippen LogP contribution in [0.25, 0.3) is 0 Å². The van der Waals surface area contributed by atoms with Crippen LogP contribution >= 0.6 is 10.7 Å². The lowest BCUT2D eigenvalue weighted by molar-refractivity contribution is 0.609. The van der Waals surface area contributed by atoms with Gasteiger partial charge in [0.1, 0.15) is 0 Å². The van der Waals surface area contributed by atoms with E-state index in [1.165, 1.54) is 0 Å². The zero-order valence-electron chi connectivity index (χ0n) is 12.1. The maximum absolute atomic E-state index is 11.2. The standard InChI is InChI=1S/C7H7ClO2S/c1-6-2-4-7(5-3-6)11(8,9)10/h2-5H,1H3/i1D3,2D,3D,4D,5D. The molecule has 0 unspecified atom stereocenters. The van der Waals surface area contributed by atoms with Gasteiger partial charge in [0.25, 0.3) is 9.05 Å². The van der Waals surface area contributed by atoms with Crippen LogP contribution in [-0.2, 0) is 9.05 Å². The van der Waals surface area contributed by atoms with Crippen molar-refractivity contribution in [2.24, 2.45) is 0 Å². The van der Waals surface area contributed by atoms with Crippen LogP contribution in [0.5, 0.6) is 0 Å². The molecule has 4 heteroatoms. The monoisotopic (exact) mass is 197 g/mol. The summed E-state index contributed by atoms with van der Waals surface area (Å²) in [7, 11) is 0.507. The minimum Gasteiger partial charge on any atom is -0.207 e. The van der Waals surface area contributed by atoms with Gasteiger partial charge < -0.3 is 0 Å². The molecule has 0 heterocycles. The first-order valence-corrected chi connectivity index (χ1v) is 4.75. The smallest absolute Gasteiger partial charge is 0.207 e. The molecule has 1 aromatic carbocycles. The Kier molecular flexibility index (Phi) is 0.791. The van der Waals surface area contributed by atoms with Crippen molar-refractivity contribution in [2.45, 2.75) is 11.7 Å². The lowest BCUT2D eigenvalue weighted by Crippen LogP contribution is -1.89. The fraction of sp³-hybridized carbons (Fsp3) is 0.143. The molecule has 0 amide bonds. The van der Waals surface area contributed by atoms with Crippen molar-refractivity contribution < 1.29 is 18.0 Å². The lowest BCUT2D eigenvalue weighted by Gasteiger charge is -1.94. The Labute approximate surface area is 80.1 Å². The van der Waals surface area contributed by atoms with Gasteiger partial charge in [-0.25, -0.2) is 8.42 Å². The van der Waals surface area contributed by atoms with Crippen LogP contribution in [0.1, 0.15) is 15.2 Å². The van der Waals surface area contributed by atoms with Gasteiger partial charge in [0, 0.05) is 14.8 Å². The first kappa shape index (κ1) is 3.07. The van der Waals surface area contributed by atoms with E-state index >= 15 is 0 Å². The second kappa shape index (κ2) is 2.83. The Morgan fingerprint density at radius 1 is 1.45 bits per heavy atom. The Morgan fingerprint density at radius 2 is 2.00 bits per heavy atom. The summed E-state index contributed by atoms with van der Waals surface area (Å²) >= 11 is 0. The first-order valence-electron chi connectivity index (χ1n) is 5.94. The third kappa shape index (κ3) is 2.20. The predicted molar refractivity (Wildman–Crippen MR) is 44.2 cm³/mol. The fourth-order valence-electron chi connectivity index (χ4n) is 0.423. The van der Waals surface area contributed by atoms with Gasteiger partial charge >= 0.3 is 0 Å². The van der Waals surface area contributed by atoms with E-state index in [4.69, 9.17) is 20.3 Å². The van der Waals surface area contributed by atoms with Gasteiger partial charge in [-0.2, -0.15) is 0 Å². The molecule has 0 aliphatic carbocycles. The van der Waals surface area contributed by atoms with Gasteiger partial charge in [0.05, 0.1) is 10.4 Å². The van der Waals surface area contributed by atoms with Crippen LogP contribution in [0.2, 0.25) is 0 Å². The summed E-state index contributed by atoms with van der Waals surface area (Å²) in [6.45, 7) is -2.88. The van der Waals surface area contributed by atoms with Crippen molar-refractivity contribution in [1.29, 1.82) is 0 Å². The number of halogens is 1. The van der Waals surface area contributed by atoms with Crippen LogP contribution in [-0.4, -0.2) is 8.42 Å². The van der Waals surface area contributed by atoms with Gasteiger partial charge in [-0.05, 0) is 18.9 Å². The molecule has 11 heavy (non-hydrogen) atoms. The highest BCUT2D eigenvalue weighted by atomic mass is 35.7. The SMILES string of the molecule is [2H]c1c([2H])c(S(=O)(=O)Cl)c([2H])c([2H])c1C([2H])([2H])[2H]. The van der Waals surface area contributed by atoms with Gasteiger partial charge in [-0.3, -0.25) is 0 Å². The van der Waals surface area contributed by atoms with Gasteiger partial charge in [-0.1, -0.05) is 17.6 Å². The summed E-state index contributed by atoms with van der Waals surface area (Å²) in [5, 5.41) is 0. The number of hydrogen-bond acceptors (Lipinski definition) is 2. The highest BCUT2D eigenvalue weighted by Crippen LogP contribution is 2.14. The van der Waals surface area contributed by atoms with Crippen molar-refractivity contribution in [3.63, 3.8) is 0 Å². The Bertz CT molecular complexity index is 578. The largest absolute Gasteiger partial charge is 0.261 e. The molecule has 0 N–H and O–H groups in total. The van der Waals surface area contributed by atoms with Crippen molar-refractivity contribution in [3.8, 4) is 0 Å². The molecule has 0 spiro atoms. The topological polar surface area (TPSA) is 34.1 Å². The summed E-state index contributed by atoms with van der Waals surface area (Å²) in [5.74, 6) is 0. The molecule has 0 aromatic heterocycles. The van der Waals surface area contributed by atoms with Gasteiger partial charge in [0.15, 0.2) is 0 Å². The quantitative estimate of drug-likeness (QED) is 0.645. The average Bonchev–Trinajstić information content (AvgIpc) is 2.10. The van der Waals surface area contributed by atoms with Crippen LogP contribution in [0.4, 0.5) is 0 Å². The number of hydrogen-bond donors (Lipinski definition) is 0. The molecule has 0 radical (unpaired) electrons. The van der Waals surface area contributed by atoms with E-state index in [1.807, 2.05) is 0 Å². The fourth-order valence-corrected chi connectivity index (χ4v) is 1.00. The number of benzene rings is 1. The summed E-state index contributed by atoms with van der Waals surface area (Å²) in [4.78, 5) is -1.02. The van der Waals surface area contributed by atoms with E-state index in [0.29, 0.717) is 0 Å². The van der Waals surface area contributed by atoms with Crippen LogP contribution in [0, 0.1) is 6.85 Å². The lowest BCUT2D eigenvalue weighted by atomic mass is 10.2. The maximum Gasteiger partial charge on any atom is 0.261 e. The van der Waals surface area contributed by atoms with Crippen molar-refractivity contribution in [1.82, 2.24) is 0 Å². The van der Waals surface area contributed by atoms with Crippen molar-refractivity contribution >= 4 is 19.7 Å². The van der Waals surface area contributed by atoms with E-state index < -0.39 is 50.5 Å². The van der Waals surface area contributed by atoms with E-state index in [2.05, 4.69) is 0 Å². The molecule has 0 aliphatic rings. The third-order valence-electron chi connectivity index (χ3n) is 0.846. The summed E-state index contributed by atoms with van der Waals surface area (Å²) in [6.07, 6.45) is 0. The molecular weight excluding hydrogens is 184 g/mol. The molecule has 0 atom stereocenters. The van der Waals surface area contributed by atoms with E-state index in [0.717, 1.165) is 0 Å². The molecule has 2 nitrogen and oxygen atoms in total. The molecule has 1 aromatic rings. The predicted octanol–water partition coefficient (Wildman–Crippen LogP) is 1.92. The van der Waals surface area contributed by atoms with Crippen molar-refractivity contribution in [2.75, 3.05) is 0 Å². The zero-order valence-corrected chi connectivity index (χ0v) is 6.68. The Balaban J connectivity index is 3.90. The summed E-state index contributed by atoms with van der Waals surface area (Å²) in [5.41, 5.74) is -0.832. The molecule has 1 rings (SSSR count). The molecule has 0 saturated carbocycles. The third-order valence-corrected chi connectivity index (χ3v) is 2.00. The minimum atomic E-state index is -4.50. The second-order valence-electron chi connectivity index (χ2n) is 1.64. The van der Waals surface area contributed by atoms with E-state index in [1.54, 1.807) is 0 Å². The van der Waals surface area contributed by atoms with Crippen LogP contribution in [0.15, 0.2) is 29.1 Å². The van der Waals surface area contributed by atoms with E-state index in [-0.39, 0.29) is 0 Å². The zero-order chi connectivity index (χ0) is 14.5. The molecular formula is C7H7ClO2S. The maximum atomic E-state index is 11.2. The van der Waals surface area contributed by atoms with Gasteiger partial charge in [-0.15, -0.1) is 0 Å². The van der Waals surface area contributed by atoms with Gasteiger partial charge in [0.2, 0.25) is 0 Å². The second-order valence-corrected chi connectivity index (χ2v) is 4.14. The van der Waals surface area contributed by atoms with E-state index in [9.17, 15) is 8.42 Å². The molecule has 60 valence electrons. The van der Waals surface area contributed by atoms with Crippen LogP contribution in [0.3, 0.4) is 0 Å². The Hall–Kier alpha value is -0.540. The van der Waals surface area contributed by atoms with Crippen molar-refractivity contribution in [3.05, 3.63) is 29.7 Å². The Morgan fingerprint density at radius 3 is 2.36 bits per heavy atom. The van der Waals surface area contributed by atoms with Crippen LogP contribution < -0.4 is 0 Å². The first-order chi connectivity index (χ1) is 7.89. The molecule has 0 aliphatic heterocycles.